The molecule has 2 aromatic carbocycles. The molecule has 0 radical (unpaired) electrons. The predicted octanol–water partition coefficient (Wildman–Crippen LogP) is 7.03. The van der Waals surface area contributed by atoms with Gasteiger partial charge in [0.15, 0.2) is 5.16 Å². The van der Waals surface area contributed by atoms with Crippen molar-refractivity contribution in [3.8, 4) is 11.3 Å². The van der Waals surface area contributed by atoms with Gasteiger partial charge in [0.05, 0.1) is 17.0 Å². The lowest BCUT2D eigenvalue weighted by atomic mass is 9.95. The van der Waals surface area contributed by atoms with E-state index in [4.69, 9.17) is 11.6 Å². The average molecular weight is 549 g/mol. The van der Waals surface area contributed by atoms with Crippen LogP contribution in [0.2, 0.25) is 5.02 Å². The molecule has 2 aromatic heterocycles. The van der Waals surface area contributed by atoms with Gasteiger partial charge in [-0.3, -0.25) is 9.59 Å². The summed E-state index contributed by atoms with van der Waals surface area (Å²) < 4.78 is 0. The van der Waals surface area contributed by atoms with Gasteiger partial charge in [0.2, 0.25) is 5.91 Å². The van der Waals surface area contributed by atoms with E-state index in [0.717, 1.165) is 53.9 Å². The number of rotatable bonds is 7. The first kappa shape index (κ1) is 25.4. The summed E-state index contributed by atoms with van der Waals surface area (Å²) in [6.07, 6.45) is 3.91. The summed E-state index contributed by atoms with van der Waals surface area (Å²) in [7, 11) is 0. The van der Waals surface area contributed by atoms with E-state index >= 15 is 0 Å². The van der Waals surface area contributed by atoms with Crippen LogP contribution in [0.25, 0.3) is 11.3 Å². The maximum atomic E-state index is 13.3. The van der Waals surface area contributed by atoms with E-state index < -0.39 is 0 Å². The minimum Gasteiger partial charge on any atom is -0.322 e. The molecular weight excluding hydrogens is 524 g/mol. The van der Waals surface area contributed by atoms with Crippen LogP contribution in [0.1, 0.15) is 39.3 Å². The normalized spacial score (nSPS) is 12.6. The molecular formula is C28H25ClN4O2S2. The Balaban J connectivity index is 1.31. The summed E-state index contributed by atoms with van der Waals surface area (Å²) >= 11 is 8.79. The third-order valence-electron chi connectivity index (χ3n) is 5.99. The molecule has 9 heteroatoms. The largest absolute Gasteiger partial charge is 0.322 e. The highest BCUT2D eigenvalue weighted by molar-refractivity contribution is 7.99. The minimum atomic E-state index is -0.199. The number of para-hydroxylation sites is 1. The predicted molar refractivity (Wildman–Crippen MR) is 152 cm³/mol. The lowest BCUT2D eigenvalue weighted by Gasteiger charge is -2.13. The van der Waals surface area contributed by atoms with E-state index in [1.807, 2.05) is 67.6 Å². The van der Waals surface area contributed by atoms with Gasteiger partial charge in [-0.05, 0) is 68.5 Å². The van der Waals surface area contributed by atoms with E-state index in [1.165, 1.54) is 28.0 Å². The number of anilines is 2. The lowest BCUT2D eigenvalue weighted by Crippen LogP contribution is -2.19. The third kappa shape index (κ3) is 6.21. The number of thiophene rings is 1. The second-order valence-corrected chi connectivity index (χ2v) is 11.2. The lowest BCUT2D eigenvalue weighted by molar-refractivity contribution is -0.113. The molecule has 6 nitrogen and oxygen atoms in total. The van der Waals surface area contributed by atoms with Crippen LogP contribution < -0.4 is 10.6 Å². The average Bonchev–Trinajstić information content (AvgIpc) is 3.26. The van der Waals surface area contributed by atoms with Crippen LogP contribution in [-0.4, -0.2) is 27.5 Å². The standard InChI is InChI=1S/C28H25ClN4O2S2/c1-17-15-22(18-11-13-19(29)14-12-18)32-28(30-17)36-16-24(34)33-27-25(21-9-5-6-10-23(21)37-27)26(35)31-20-7-3-2-4-8-20/h2-4,7-8,11-15H,5-6,9-10,16H2,1H3,(H,31,35)(H,33,34). The number of halogens is 1. The topological polar surface area (TPSA) is 84.0 Å². The number of thioether (sulfide) groups is 1. The van der Waals surface area contributed by atoms with Gasteiger partial charge in [0.25, 0.3) is 5.91 Å². The first-order valence-electron chi connectivity index (χ1n) is 12.0. The Morgan fingerprint density at radius 3 is 2.54 bits per heavy atom. The molecule has 2 N–H and O–H groups in total. The third-order valence-corrected chi connectivity index (χ3v) is 8.30. The minimum absolute atomic E-state index is 0.131. The first-order chi connectivity index (χ1) is 18.0. The molecule has 0 spiro atoms. The molecule has 0 saturated carbocycles. The van der Waals surface area contributed by atoms with Crippen molar-refractivity contribution >= 4 is 57.2 Å². The van der Waals surface area contributed by atoms with Crippen LogP contribution in [0, 0.1) is 6.92 Å². The molecule has 188 valence electrons. The molecule has 2 amide bonds. The van der Waals surface area contributed by atoms with Gasteiger partial charge in [0, 0.05) is 26.8 Å². The Hall–Kier alpha value is -3.20. The number of fused-ring (bicyclic) bond motifs is 1. The van der Waals surface area contributed by atoms with Crippen molar-refractivity contribution in [2.75, 3.05) is 16.4 Å². The maximum absolute atomic E-state index is 13.3. The Morgan fingerprint density at radius 1 is 1.00 bits per heavy atom. The second-order valence-electron chi connectivity index (χ2n) is 8.76. The number of nitrogens with zero attached hydrogens (tertiary/aromatic N) is 2. The van der Waals surface area contributed by atoms with Crippen LogP contribution in [0.4, 0.5) is 10.7 Å². The van der Waals surface area contributed by atoms with E-state index in [2.05, 4.69) is 20.6 Å². The van der Waals surface area contributed by atoms with Crippen molar-refractivity contribution in [3.63, 3.8) is 0 Å². The first-order valence-corrected chi connectivity index (χ1v) is 14.2. The SMILES string of the molecule is Cc1cc(-c2ccc(Cl)cc2)nc(SCC(=O)Nc2sc3c(c2C(=O)Nc2ccccc2)CCCC3)n1. The highest BCUT2D eigenvalue weighted by Gasteiger charge is 2.26. The molecule has 0 saturated heterocycles. The number of aryl methyl sites for hydroxylation is 2. The van der Waals surface area contributed by atoms with Crippen molar-refractivity contribution in [2.24, 2.45) is 0 Å². The Kier molecular flexibility index (Phi) is 7.88. The number of hydrogen-bond acceptors (Lipinski definition) is 6. The van der Waals surface area contributed by atoms with Crippen LogP contribution in [0.3, 0.4) is 0 Å². The molecule has 2 heterocycles. The second kappa shape index (κ2) is 11.5. The summed E-state index contributed by atoms with van der Waals surface area (Å²) in [5.74, 6) is -0.259. The van der Waals surface area contributed by atoms with Crippen LogP contribution in [0.15, 0.2) is 65.8 Å². The number of nitrogens with one attached hydrogen (secondary N) is 2. The molecule has 0 unspecified atom stereocenters. The summed E-state index contributed by atoms with van der Waals surface area (Å²) in [6.45, 7) is 1.90. The van der Waals surface area contributed by atoms with E-state index in [0.29, 0.717) is 20.7 Å². The van der Waals surface area contributed by atoms with E-state index in [9.17, 15) is 9.59 Å². The zero-order chi connectivity index (χ0) is 25.8. The maximum Gasteiger partial charge on any atom is 0.258 e. The number of carbonyl (C=O) groups is 2. The van der Waals surface area contributed by atoms with Crippen molar-refractivity contribution in [1.29, 1.82) is 0 Å². The zero-order valence-corrected chi connectivity index (χ0v) is 22.6. The van der Waals surface area contributed by atoms with Gasteiger partial charge < -0.3 is 10.6 Å². The monoisotopic (exact) mass is 548 g/mol. The van der Waals surface area contributed by atoms with Gasteiger partial charge in [-0.15, -0.1) is 11.3 Å². The molecule has 0 atom stereocenters. The fourth-order valence-electron chi connectivity index (χ4n) is 4.28. The number of amides is 2. The summed E-state index contributed by atoms with van der Waals surface area (Å²) in [6, 6.07) is 18.7. The fourth-order valence-corrected chi connectivity index (χ4v) is 6.41. The Bertz CT molecular complexity index is 1440. The number of aromatic nitrogens is 2. The smallest absolute Gasteiger partial charge is 0.258 e. The summed E-state index contributed by atoms with van der Waals surface area (Å²) in [5.41, 5.74) is 4.89. The Morgan fingerprint density at radius 2 is 1.76 bits per heavy atom. The highest BCUT2D eigenvalue weighted by Crippen LogP contribution is 2.38. The number of benzene rings is 2. The molecule has 4 aromatic rings. The van der Waals surface area contributed by atoms with Crippen molar-refractivity contribution in [3.05, 3.63) is 87.4 Å². The van der Waals surface area contributed by atoms with E-state index in [-0.39, 0.29) is 17.6 Å². The Labute approximate surface area is 228 Å². The molecule has 0 bridgehead atoms. The quantitative estimate of drug-likeness (QED) is 0.191. The van der Waals surface area contributed by atoms with Crippen LogP contribution >= 0.6 is 34.7 Å². The molecule has 0 fully saturated rings. The molecule has 0 aliphatic heterocycles. The molecule has 5 rings (SSSR count). The van der Waals surface area contributed by atoms with Crippen LogP contribution in [0.5, 0.6) is 0 Å². The van der Waals surface area contributed by atoms with E-state index in [1.54, 1.807) is 0 Å². The van der Waals surface area contributed by atoms with Gasteiger partial charge in [-0.1, -0.05) is 53.7 Å². The highest BCUT2D eigenvalue weighted by atomic mass is 35.5. The van der Waals surface area contributed by atoms with Crippen molar-refractivity contribution in [1.82, 2.24) is 9.97 Å². The summed E-state index contributed by atoms with van der Waals surface area (Å²) in [4.78, 5) is 36.5. The molecule has 37 heavy (non-hydrogen) atoms. The van der Waals surface area contributed by atoms with Crippen molar-refractivity contribution < 1.29 is 9.59 Å². The van der Waals surface area contributed by atoms with Gasteiger partial charge in [-0.2, -0.15) is 0 Å². The summed E-state index contributed by atoms with van der Waals surface area (Å²) in [5, 5.41) is 7.77. The number of carbonyl (C=O) groups excluding carboxylic acids is 2. The molecule has 1 aliphatic carbocycles. The van der Waals surface area contributed by atoms with Gasteiger partial charge in [-0.25, -0.2) is 9.97 Å². The molecule has 1 aliphatic rings. The van der Waals surface area contributed by atoms with Crippen molar-refractivity contribution in [2.45, 2.75) is 37.8 Å². The van der Waals surface area contributed by atoms with Gasteiger partial charge in [0.1, 0.15) is 5.00 Å². The zero-order valence-electron chi connectivity index (χ0n) is 20.2. The van der Waals surface area contributed by atoms with Crippen LogP contribution in [-0.2, 0) is 17.6 Å². The fraction of sp³-hybridized carbons (Fsp3) is 0.214. The van der Waals surface area contributed by atoms with Gasteiger partial charge >= 0.3 is 0 Å². The number of hydrogen-bond donors (Lipinski definition) is 2.